The number of pyridine rings is 1. The highest BCUT2D eigenvalue weighted by molar-refractivity contribution is 5.92. The topological polar surface area (TPSA) is 74.8 Å². The SMILES string of the molecule is Cc1cnc(C(=O)N2CCC(Cc3cnc4[nH]ccc4c3)CC2)cn1. The third kappa shape index (κ3) is 3.38. The van der Waals surface area contributed by atoms with Gasteiger partial charge >= 0.3 is 0 Å². The Kier molecular flexibility index (Phi) is 4.17. The van der Waals surface area contributed by atoms with E-state index in [2.05, 4.69) is 32.1 Å². The fourth-order valence-corrected chi connectivity index (χ4v) is 3.44. The number of H-pyrrole nitrogens is 1. The van der Waals surface area contributed by atoms with Crippen molar-refractivity contribution < 1.29 is 4.79 Å². The summed E-state index contributed by atoms with van der Waals surface area (Å²) in [6, 6.07) is 4.26. The molecule has 1 aliphatic heterocycles. The number of aromatic nitrogens is 4. The molecule has 1 aliphatic rings. The molecule has 0 spiro atoms. The van der Waals surface area contributed by atoms with Crippen molar-refractivity contribution in [3.05, 3.63) is 53.9 Å². The second-order valence-electron chi connectivity index (χ2n) is 6.74. The number of likely N-dealkylation sites (tertiary alicyclic amines) is 1. The van der Waals surface area contributed by atoms with E-state index in [1.165, 1.54) is 5.56 Å². The Morgan fingerprint density at radius 3 is 2.80 bits per heavy atom. The van der Waals surface area contributed by atoms with Gasteiger partial charge in [-0.3, -0.25) is 9.78 Å². The molecule has 0 atom stereocenters. The molecule has 1 N–H and O–H groups in total. The van der Waals surface area contributed by atoms with Crippen LogP contribution in [-0.4, -0.2) is 43.8 Å². The van der Waals surface area contributed by atoms with E-state index >= 15 is 0 Å². The smallest absolute Gasteiger partial charge is 0.274 e. The number of hydrogen-bond acceptors (Lipinski definition) is 4. The normalized spacial score (nSPS) is 15.6. The van der Waals surface area contributed by atoms with Crippen LogP contribution in [0, 0.1) is 12.8 Å². The molecule has 3 aromatic rings. The van der Waals surface area contributed by atoms with E-state index in [9.17, 15) is 4.79 Å². The Labute approximate surface area is 146 Å². The van der Waals surface area contributed by atoms with Crippen molar-refractivity contribution in [1.82, 2.24) is 24.8 Å². The van der Waals surface area contributed by atoms with Gasteiger partial charge in [-0.1, -0.05) is 0 Å². The number of hydrogen-bond donors (Lipinski definition) is 1. The van der Waals surface area contributed by atoms with Crippen LogP contribution in [0.3, 0.4) is 0 Å². The van der Waals surface area contributed by atoms with Gasteiger partial charge in [-0.25, -0.2) is 9.97 Å². The summed E-state index contributed by atoms with van der Waals surface area (Å²) < 4.78 is 0. The van der Waals surface area contributed by atoms with Gasteiger partial charge in [0.2, 0.25) is 0 Å². The first kappa shape index (κ1) is 15.7. The van der Waals surface area contributed by atoms with Crippen LogP contribution in [-0.2, 0) is 6.42 Å². The molecule has 1 fully saturated rings. The van der Waals surface area contributed by atoms with Crippen molar-refractivity contribution in [2.24, 2.45) is 5.92 Å². The Bertz CT molecular complexity index is 878. The third-order valence-electron chi connectivity index (χ3n) is 4.88. The maximum Gasteiger partial charge on any atom is 0.274 e. The van der Waals surface area contributed by atoms with Crippen LogP contribution in [0.25, 0.3) is 11.0 Å². The number of aryl methyl sites for hydroxylation is 1. The van der Waals surface area contributed by atoms with Gasteiger partial charge in [0.05, 0.1) is 11.9 Å². The van der Waals surface area contributed by atoms with Gasteiger partial charge in [0.15, 0.2) is 0 Å². The van der Waals surface area contributed by atoms with E-state index in [4.69, 9.17) is 0 Å². The van der Waals surface area contributed by atoms with E-state index in [1.807, 2.05) is 24.2 Å². The van der Waals surface area contributed by atoms with E-state index in [0.29, 0.717) is 11.6 Å². The lowest BCUT2D eigenvalue weighted by Crippen LogP contribution is -2.39. The van der Waals surface area contributed by atoms with Gasteiger partial charge in [-0.15, -0.1) is 0 Å². The minimum atomic E-state index is -0.0126. The summed E-state index contributed by atoms with van der Waals surface area (Å²) in [6.07, 6.45) is 10.1. The number of nitrogens with one attached hydrogen (secondary N) is 1. The lowest BCUT2D eigenvalue weighted by atomic mass is 9.90. The molecule has 3 aromatic heterocycles. The molecule has 4 rings (SSSR count). The molecule has 1 saturated heterocycles. The van der Waals surface area contributed by atoms with Crippen LogP contribution < -0.4 is 0 Å². The maximum atomic E-state index is 12.5. The van der Waals surface area contributed by atoms with Gasteiger partial charge in [0, 0.05) is 37.1 Å². The number of nitrogens with zero attached hydrogens (tertiary/aromatic N) is 4. The molecule has 0 radical (unpaired) electrons. The van der Waals surface area contributed by atoms with Crippen LogP contribution >= 0.6 is 0 Å². The molecular weight excluding hydrogens is 314 g/mol. The number of piperidine rings is 1. The number of fused-ring (bicyclic) bond motifs is 1. The zero-order chi connectivity index (χ0) is 17.2. The monoisotopic (exact) mass is 335 g/mol. The average molecular weight is 335 g/mol. The summed E-state index contributed by atoms with van der Waals surface area (Å²) in [7, 11) is 0. The largest absolute Gasteiger partial charge is 0.346 e. The van der Waals surface area contributed by atoms with E-state index < -0.39 is 0 Å². The molecule has 0 aliphatic carbocycles. The standard InChI is InChI=1S/C19H21N5O/c1-13-10-22-17(12-21-13)19(25)24-6-3-14(4-7-24)8-15-9-16-2-5-20-18(16)23-11-15/h2,5,9-12,14H,3-4,6-8H2,1H3,(H,20,23). The van der Waals surface area contributed by atoms with Crippen molar-refractivity contribution in [2.75, 3.05) is 13.1 Å². The van der Waals surface area contributed by atoms with Gasteiger partial charge in [-0.05, 0) is 49.8 Å². The Morgan fingerprint density at radius 2 is 2.04 bits per heavy atom. The minimum absolute atomic E-state index is 0.0126. The summed E-state index contributed by atoms with van der Waals surface area (Å²) in [5, 5.41) is 1.16. The summed E-state index contributed by atoms with van der Waals surface area (Å²) in [4.78, 5) is 30.3. The van der Waals surface area contributed by atoms with Gasteiger partial charge in [-0.2, -0.15) is 0 Å². The Balaban J connectivity index is 1.36. The molecule has 6 heteroatoms. The Hall–Kier alpha value is -2.76. The van der Waals surface area contributed by atoms with Crippen molar-refractivity contribution >= 4 is 16.9 Å². The first-order chi connectivity index (χ1) is 12.2. The predicted octanol–water partition coefficient (Wildman–Crippen LogP) is 2.76. The molecule has 4 heterocycles. The van der Waals surface area contributed by atoms with E-state index in [1.54, 1.807) is 12.4 Å². The highest BCUT2D eigenvalue weighted by atomic mass is 16.2. The van der Waals surface area contributed by atoms with Crippen LogP contribution in [0.2, 0.25) is 0 Å². The number of carbonyl (C=O) groups is 1. The molecule has 25 heavy (non-hydrogen) atoms. The fraction of sp³-hybridized carbons (Fsp3) is 0.368. The number of amides is 1. The van der Waals surface area contributed by atoms with Crippen LogP contribution in [0.15, 0.2) is 36.9 Å². The molecule has 0 unspecified atom stereocenters. The maximum absolute atomic E-state index is 12.5. The molecule has 0 aromatic carbocycles. The lowest BCUT2D eigenvalue weighted by Gasteiger charge is -2.31. The third-order valence-corrected chi connectivity index (χ3v) is 4.88. The van der Waals surface area contributed by atoms with Crippen LogP contribution in [0.1, 0.15) is 34.6 Å². The average Bonchev–Trinajstić information content (AvgIpc) is 3.10. The molecule has 0 saturated carbocycles. The lowest BCUT2D eigenvalue weighted by molar-refractivity contribution is 0.0684. The second kappa shape index (κ2) is 6.63. The number of rotatable bonds is 3. The summed E-state index contributed by atoms with van der Waals surface area (Å²) in [6.45, 7) is 3.42. The fourth-order valence-electron chi connectivity index (χ4n) is 3.44. The van der Waals surface area contributed by atoms with Gasteiger partial charge in [0.25, 0.3) is 5.91 Å². The summed E-state index contributed by atoms with van der Waals surface area (Å²) in [5.41, 5.74) is 3.46. The zero-order valence-corrected chi connectivity index (χ0v) is 14.3. The number of carbonyl (C=O) groups excluding carboxylic acids is 1. The van der Waals surface area contributed by atoms with Crippen LogP contribution in [0.5, 0.6) is 0 Å². The van der Waals surface area contributed by atoms with Crippen LogP contribution in [0.4, 0.5) is 0 Å². The van der Waals surface area contributed by atoms with Crippen molar-refractivity contribution in [1.29, 1.82) is 0 Å². The molecule has 1 amide bonds. The van der Waals surface area contributed by atoms with Crippen molar-refractivity contribution in [3.63, 3.8) is 0 Å². The van der Waals surface area contributed by atoms with Crippen molar-refractivity contribution in [2.45, 2.75) is 26.2 Å². The zero-order valence-electron chi connectivity index (χ0n) is 14.3. The minimum Gasteiger partial charge on any atom is -0.346 e. The second-order valence-corrected chi connectivity index (χ2v) is 6.74. The molecular formula is C19H21N5O. The first-order valence-corrected chi connectivity index (χ1v) is 8.69. The van der Waals surface area contributed by atoms with E-state index in [-0.39, 0.29) is 5.91 Å². The van der Waals surface area contributed by atoms with E-state index in [0.717, 1.165) is 49.1 Å². The first-order valence-electron chi connectivity index (χ1n) is 8.69. The summed E-state index contributed by atoms with van der Waals surface area (Å²) in [5.74, 6) is 0.577. The predicted molar refractivity (Wildman–Crippen MR) is 95.2 cm³/mol. The van der Waals surface area contributed by atoms with Gasteiger partial charge in [0.1, 0.15) is 11.3 Å². The van der Waals surface area contributed by atoms with Crippen molar-refractivity contribution in [3.8, 4) is 0 Å². The highest BCUT2D eigenvalue weighted by Gasteiger charge is 2.24. The molecule has 6 nitrogen and oxygen atoms in total. The van der Waals surface area contributed by atoms with Gasteiger partial charge < -0.3 is 9.88 Å². The molecule has 0 bridgehead atoms. The summed E-state index contributed by atoms with van der Waals surface area (Å²) >= 11 is 0. The quantitative estimate of drug-likeness (QED) is 0.798. The number of aromatic amines is 1. The molecule has 128 valence electrons. The highest BCUT2D eigenvalue weighted by Crippen LogP contribution is 2.23. The Morgan fingerprint density at radius 1 is 1.20 bits per heavy atom.